The average molecular weight is 314 g/mol. The number of rotatable bonds is 5. The summed E-state index contributed by atoms with van der Waals surface area (Å²) in [5.74, 6) is 0.617. The fourth-order valence-corrected chi connectivity index (χ4v) is 1.99. The monoisotopic (exact) mass is 313 g/mol. The fourth-order valence-electron chi connectivity index (χ4n) is 1.53. The first-order chi connectivity index (χ1) is 8.69. The fraction of sp³-hybridized carbons (Fsp3) is 0.333. The van der Waals surface area contributed by atoms with Crippen LogP contribution in [0.15, 0.2) is 27.2 Å². The van der Waals surface area contributed by atoms with Gasteiger partial charge in [0, 0.05) is 23.0 Å². The zero-order valence-corrected chi connectivity index (χ0v) is 11.5. The summed E-state index contributed by atoms with van der Waals surface area (Å²) in [7, 11) is 0. The highest BCUT2D eigenvalue weighted by Crippen LogP contribution is 2.22. The van der Waals surface area contributed by atoms with E-state index in [0.717, 1.165) is 13.1 Å². The maximum absolute atomic E-state index is 13.2. The standard InChI is InChI=1S/C12H13BrFN3O/c1-2-15-4-3-11-16-12(17-18-11)8-5-9(13)7-10(14)6-8/h5-7,15H,2-4H2,1H3. The van der Waals surface area contributed by atoms with Crippen LogP contribution in [0.5, 0.6) is 0 Å². The lowest BCUT2D eigenvalue weighted by Crippen LogP contribution is -2.16. The van der Waals surface area contributed by atoms with Crippen LogP contribution in [0.1, 0.15) is 12.8 Å². The maximum atomic E-state index is 13.2. The third-order valence-corrected chi connectivity index (χ3v) is 2.81. The van der Waals surface area contributed by atoms with Gasteiger partial charge in [-0.15, -0.1) is 0 Å². The van der Waals surface area contributed by atoms with E-state index in [9.17, 15) is 4.39 Å². The molecule has 18 heavy (non-hydrogen) atoms. The van der Waals surface area contributed by atoms with Gasteiger partial charge in [0.25, 0.3) is 0 Å². The normalized spacial score (nSPS) is 10.8. The van der Waals surface area contributed by atoms with Crippen LogP contribution in [0, 0.1) is 5.82 Å². The number of likely N-dealkylation sites (N-methyl/N-ethyl adjacent to an activating group) is 1. The van der Waals surface area contributed by atoms with Gasteiger partial charge in [-0.2, -0.15) is 4.98 Å². The van der Waals surface area contributed by atoms with Gasteiger partial charge in [-0.25, -0.2) is 4.39 Å². The molecule has 4 nitrogen and oxygen atoms in total. The third kappa shape index (κ3) is 3.36. The van der Waals surface area contributed by atoms with Gasteiger partial charge >= 0.3 is 0 Å². The van der Waals surface area contributed by atoms with Crippen molar-refractivity contribution in [1.29, 1.82) is 0 Å². The van der Waals surface area contributed by atoms with Crippen molar-refractivity contribution in [1.82, 2.24) is 15.5 Å². The molecule has 0 amide bonds. The molecule has 0 aliphatic carbocycles. The molecule has 0 spiro atoms. The van der Waals surface area contributed by atoms with Gasteiger partial charge in [0.2, 0.25) is 11.7 Å². The summed E-state index contributed by atoms with van der Waals surface area (Å²) in [5, 5.41) is 7.01. The maximum Gasteiger partial charge on any atom is 0.228 e. The van der Waals surface area contributed by atoms with E-state index in [1.54, 1.807) is 6.07 Å². The van der Waals surface area contributed by atoms with Crippen LogP contribution >= 0.6 is 15.9 Å². The van der Waals surface area contributed by atoms with E-state index in [2.05, 4.69) is 31.4 Å². The van der Waals surface area contributed by atoms with Crippen LogP contribution in [-0.2, 0) is 6.42 Å². The highest BCUT2D eigenvalue weighted by Gasteiger charge is 2.10. The van der Waals surface area contributed by atoms with Crippen LogP contribution in [0.4, 0.5) is 4.39 Å². The number of hydrogen-bond acceptors (Lipinski definition) is 4. The first-order valence-electron chi connectivity index (χ1n) is 5.69. The molecule has 0 unspecified atom stereocenters. The molecule has 0 fully saturated rings. The topological polar surface area (TPSA) is 51.0 Å². The van der Waals surface area contributed by atoms with Gasteiger partial charge in [-0.3, -0.25) is 0 Å². The summed E-state index contributed by atoms with van der Waals surface area (Å²) in [6, 6.07) is 4.52. The molecule has 6 heteroatoms. The molecule has 0 bridgehead atoms. The van der Waals surface area contributed by atoms with E-state index < -0.39 is 0 Å². The smallest absolute Gasteiger partial charge is 0.228 e. The number of benzene rings is 1. The minimum atomic E-state index is -0.335. The predicted molar refractivity (Wildman–Crippen MR) is 69.6 cm³/mol. The Morgan fingerprint density at radius 2 is 2.22 bits per heavy atom. The number of hydrogen-bond donors (Lipinski definition) is 1. The van der Waals surface area contributed by atoms with Crippen molar-refractivity contribution in [3.05, 3.63) is 34.4 Å². The molecule has 1 aromatic carbocycles. The van der Waals surface area contributed by atoms with E-state index in [1.807, 2.05) is 6.92 Å². The Labute approximate surface area is 113 Å². The van der Waals surface area contributed by atoms with E-state index >= 15 is 0 Å². The van der Waals surface area contributed by atoms with Crippen molar-refractivity contribution in [2.45, 2.75) is 13.3 Å². The largest absolute Gasteiger partial charge is 0.339 e. The molecule has 0 saturated carbocycles. The van der Waals surface area contributed by atoms with Gasteiger partial charge in [0.1, 0.15) is 5.82 Å². The SMILES string of the molecule is CCNCCc1nc(-c2cc(F)cc(Br)c2)no1. The number of aromatic nitrogens is 2. The summed E-state index contributed by atoms with van der Waals surface area (Å²) in [5.41, 5.74) is 0.598. The molecular formula is C12H13BrFN3O. The quantitative estimate of drug-likeness (QED) is 0.862. The zero-order chi connectivity index (χ0) is 13.0. The molecule has 0 aliphatic heterocycles. The van der Waals surface area contributed by atoms with Crippen molar-refractivity contribution >= 4 is 15.9 Å². The molecule has 0 atom stereocenters. The molecule has 0 aliphatic rings. The molecule has 0 radical (unpaired) electrons. The van der Waals surface area contributed by atoms with Crippen LogP contribution in [0.3, 0.4) is 0 Å². The summed E-state index contributed by atoms with van der Waals surface area (Å²) in [6.07, 6.45) is 0.664. The van der Waals surface area contributed by atoms with Gasteiger partial charge in [-0.05, 0) is 24.7 Å². The Morgan fingerprint density at radius 1 is 1.39 bits per heavy atom. The summed E-state index contributed by atoms with van der Waals surface area (Å²) in [6.45, 7) is 3.71. The number of halogens is 2. The van der Waals surface area contributed by atoms with Crippen LogP contribution < -0.4 is 5.32 Å². The highest BCUT2D eigenvalue weighted by molar-refractivity contribution is 9.10. The van der Waals surface area contributed by atoms with Crippen molar-refractivity contribution in [3.8, 4) is 11.4 Å². The first kappa shape index (κ1) is 13.2. The van der Waals surface area contributed by atoms with Crippen LogP contribution in [0.25, 0.3) is 11.4 Å². The molecule has 2 rings (SSSR count). The van der Waals surface area contributed by atoms with Crippen molar-refractivity contribution in [2.75, 3.05) is 13.1 Å². The molecule has 2 aromatic rings. The van der Waals surface area contributed by atoms with Crippen molar-refractivity contribution in [2.24, 2.45) is 0 Å². The van der Waals surface area contributed by atoms with Gasteiger partial charge in [0.05, 0.1) is 0 Å². The van der Waals surface area contributed by atoms with Gasteiger partial charge in [-0.1, -0.05) is 28.0 Å². The Morgan fingerprint density at radius 3 is 2.94 bits per heavy atom. The zero-order valence-electron chi connectivity index (χ0n) is 9.91. The van der Waals surface area contributed by atoms with Crippen LogP contribution in [-0.4, -0.2) is 23.2 Å². The minimum absolute atomic E-state index is 0.335. The lowest BCUT2D eigenvalue weighted by molar-refractivity contribution is 0.377. The summed E-state index contributed by atoms with van der Waals surface area (Å²) >= 11 is 3.23. The molecular weight excluding hydrogens is 301 g/mol. The molecule has 1 heterocycles. The van der Waals surface area contributed by atoms with E-state index in [-0.39, 0.29) is 5.82 Å². The Balaban J connectivity index is 2.13. The summed E-state index contributed by atoms with van der Waals surface area (Å²) in [4.78, 5) is 4.23. The lowest BCUT2D eigenvalue weighted by atomic mass is 10.2. The molecule has 1 aromatic heterocycles. The van der Waals surface area contributed by atoms with Gasteiger partial charge in [0.15, 0.2) is 0 Å². The van der Waals surface area contributed by atoms with E-state index in [1.165, 1.54) is 12.1 Å². The van der Waals surface area contributed by atoms with Crippen molar-refractivity contribution in [3.63, 3.8) is 0 Å². The lowest BCUT2D eigenvalue weighted by Gasteiger charge is -1.97. The Kier molecular flexibility index (Phi) is 4.43. The van der Waals surface area contributed by atoms with E-state index in [4.69, 9.17) is 4.52 Å². The average Bonchev–Trinajstić information content (AvgIpc) is 2.77. The highest BCUT2D eigenvalue weighted by atomic mass is 79.9. The molecule has 96 valence electrons. The predicted octanol–water partition coefficient (Wildman–Crippen LogP) is 2.79. The summed E-state index contributed by atoms with van der Waals surface area (Å²) < 4.78 is 19.0. The minimum Gasteiger partial charge on any atom is -0.339 e. The molecule has 1 N–H and O–H groups in total. The second-order valence-electron chi connectivity index (χ2n) is 3.77. The van der Waals surface area contributed by atoms with Gasteiger partial charge < -0.3 is 9.84 Å². The number of nitrogens with one attached hydrogen (secondary N) is 1. The third-order valence-electron chi connectivity index (χ3n) is 2.35. The number of nitrogens with zero attached hydrogens (tertiary/aromatic N) is 2. The second-order valence-corrected chi connectivity index (χ2v) is 4.69. The van der Waals surface area contributed by atoms with Crippen molar-refractivity contribution < 1.29 is 8.91 Å². The second kappa shape index (κ2) is 6.06. The van der Waals surface area contributed by atoms with E-state index in [0.29, 0.717) is 28.2 Å². The Bertz CT molecular complexity index is 510. The first-order valence-corrected chi connectivity index (χ1v) is 6.48. The Hall–Kier alpha value is -1.27. The molecule has 0 saturated heterocycles. The van der Waals surface area contributed by atoms with Crippen LogP contribution in [0.2, 0.25) is 0 Å².